The molecule has 3 aromatic rings. The zero-order valence-corrected chi connectivity index (χ0v) is 16.1. The Labute approximate surface area is 167 Å². The number of hydrogen-bond acceptors (Lipinski definition) is 3. The predicted molar refractivity (Wildman–Crippen MR) is 108 cm³/mol. The third kappa shape index (κ3) is 4.17. The SMILES string of the molecule is O=C(Cc1ccc(Cl)cc1)NC1CCN(C(=O)c2ccc3nc[nH]c3c2)CC1. The van der Waals surface area contributed by atoms with Crippen molar-refractivity contribution in [3.8, 4) is 0 Å². The fourth-order valence-electron chi connectivity index (χ4n) is 3.54. The highest BCUT2D eigenvalue weighted by atomic mass is 35.5. The summed E-state index contributed by atoms with van der Waals surface area (Å²) >= 11 is 5.87. The molecule has 2 heterocycles. The fraction of sp³-hybridized carbons (Fsp3) is 0.286. The van der Waals surface area contributed by atoms with Gasteiger partial charge in [-0.2, -0.15) is 0 Å². The molecule has 0 radical (unpaired) electrons. The number of nitrogens with zero attached hydrogens (tertiary/aromatic N) is 2. The number of rotatable bonds is 4. The Morgan fingerprint density at radius 3 is 2.64 bits per heavy atom. The number of carbonyl (C=O) groups is 2. The largest absolute Gasteiger partial charge is 0.353 e. The van der Waals surface area contributed by atoms with Crippen molar-refractivity contribution in [1.82, 2.24) is 20.2 Å². The van der Waals surface area contributed by atoms with E-state index in [9.17, 15) is 9.59 Å². The van der Waals surface area contributed by atoms with Crippen LogP contribution in [-0.2, 0) is 11.2 Å². The molecule has 2 amide bonds. The molecule has 0 bridgehead atoms. The number of halogens is 1. The first-order valence-electron chi connectivity index (χ1n) is 9.35. The fourth-order valence-corrected chi connectivity index (χ4v) is 3.67. The molecular weight excluding hydrogens is 376 g/mol. The van der Waals surface area contributed by atoms with E-state index in [0.29, 0.717) is 30.1 Å². The van der Waals surface area contributed by atoms with Crippen molar-refractivity contribution in [1.29, 1.82) is 0 Å². The molecule has 0 unspecified atom stereocenters. The number of hydrogen-bond donors (Lipinski definition) is 2. The standard InChI is InChI=1S/C21H21ClN4O2/c22-16-4-1-14(2-5-16)11-20(27)25-17-7-9-26(10-8-17)21(28)15-3-6-18-19(12-15)24-13-23-18/h1-6,12-13,17H,7-11H2,(H,23,24)(H,25,27). The number of H-pyrrole nitrogens is 1. The number of benzene rings is 2. The summed E-state index contributed by atoms with van der Waals surface area (Å²) in [6, 6.07) is 12.9. The van der Waals surface area contributed by atoms with Gasteiger partial charge < -0.3 is 15.2 Å². The van der Waals surface area contributed by atoms with Crippen molar-refractivity contribution < 1.29 is 9.59 Å². The molecule has 28 heavy (non-hydrogen) atoms. The van der Waals surface area contributed by atoms with E-state index in [2.05, 4.69) is 15.3 Å². The minimum Gasteiger partial charge on any atom is -0.353 e. The molecule has 144 valence electrons. The maximum absolute atomic E-state index is 12.8. The number of likely N-dealkylation sites (tertiary alicyclic amines) is 1. The highest BCUT2D eigenvalue weighted by molar-refractivity contribution is 6.30. The molecule has 1 fully saturated rings. The smallest absolute Gasteiger partial charge is 0.253 e. The minimum atomic E-state index is -0.00297. The van der Waals surface area contributed by atoms with Gasteiger partial charge in [0.15, 0.2) is 0 Å². The summed E-state index contributed by atoms with van der Waals surface area (Å²) in [5.41, 5.74) is 3.29. The van der Waals surface area contributed by atoms with Gasteiger partial charge in [-0.05, 0) is 48.7 Å². The first kappa shape index (κ1) is 18.5. The maximum Gasteiger partial charge on any atom is 0.253 e. The predicted octanol–water partition coefficient (Wildman–Crippen LogP) is 3.18. The van der Waals surface area contributed by atoms with Crippen LogP contribution in [0.25, 0.3) is 11.0 Å². The van der Waals surface area contributed by atoms with Crippen molar-refractivity contribution in [3.63, 3.8) is 0 Å². The zero-order chi connectivity index (χ0) is 19.5. The van der Waals surface area contributed by atoms with Gasteiger partial charge in [-0.1, -0.05) is 23.7 Å². The molecule has 7 heteroatoms. The van der Waals surface area contributed by atoms with Crippen LogP contribution in [0.2, 0.25) is 5.02 Å². The molecule has 1 aromatic heterocycles. The molecule has 0 spiro atoms. The number of piperidine rings is 1. The van der Waals surface area contributed by atoms with E-state index in [4.69, 9.17) is 11.6 Å². The van der Waals surface area contributed by atoms with E-state index < -0.39 is 0 Å². The average molecular weight is 397 g/mol. The maximum atomic E-state index is 12.8. The number of aromatic nitrogens is 2. The van der Waals surface area contributed by atoms with E-state index in [1.807, 2.05) is 35.2 Å². The normalized spacial score (nSPS) is 15.0. The van der Waals surface area contributed by atoms with Gasteiger partial charge in [0.05, 0.1) is 23.8 Å². The Hall–Kier alpha value is -2.86. The number of fused-ring (bicyclic) bond motifs is 1. The Morgan fingerprint density at radius 1 is 1.14 bits per heavy atom. The lowest BCUT2D eigenvalue weighted by atomic mass is 10.0. The molecule has 1 aliphatic heterocycles. The quantitative estimate of drug-likeness (QED) is 0.711. The second-order valence-electron chi connectivity index (χ2n) is 7.07. The summed E-state index contributed by atoms with van der Waals surface area (Å²) in [4.78, 5) is 34.1. The van der Waals surface area contributed by atoms with Gasteiger partial charge in [-0.15, -0.1) is 0 Å². The third-order valence-corrected chi connectivity index (χ3v) is 5.34. The van der Waals surface area contributed by atoms with E-state index >= 15 is 0 Å². The number of imidazole rings is 1. The summed E-state index contributed by atoms with van der Waals surface area (Å²) in [6.45, 7) is 1.26. The van der Waals surface area contributed by atoms with Crippen molar-refractivity contribution in [2.24, 2.45) is 0 Å². The molecular formula is C21H21ClN4O2. The van der Waals surface area contributed by atoms with Gasteiger partial charge in [0.1, 0.15) is 0 Å². The summed E-state index contributed by atoms with van der Waals surface area (Å²) in [5, 5.41) is 3.74. The number of amides is 2. The molecule has 1 saturated heterocycles. The average Bonchev–Trinajstić information content (AvgIpc) is 3.17. The van der Waals surface area contributed by atoms with Crippen LogP contribution in [0.3, 0.4) is 0 Å². The van der Waals surface area contributed by atoms with Gasteiger partial charge in [0.25, 0.3) is 5.91 Å². The summed E-state index contributed by atoms with van der Waals surface area (Å²) in [7, 11) is 0. The van der Waals surface area contributed by atoms with Gasteiger partial charge in [0, 0.05) is 29.7 Å². The molecule has 0 atom stereocenters. The molecule has 6 nitrogen and oxygen atoms in total. The zero-order valence-electron chi connectivity index (χ0n) is 15.3. The second kappa shape index (κ2) is 8.02. The van der Waals surface area contributed by atoms with Crippen molar-refractivity contribution in [3.05, 3.63) is 64.9 Å². The lowest BCUT2D eigenvalue weighted by molar-refractivity contribution is -0.121. The monoisotopic (exact) mass is 396 g/mol. The Bertz CT molecular complexity index is 991. The Kier molecular flexibility index (Phi) is 5.30. The highest BCUT2D eigenvalue weighted by Crippen LogP contribution is 2.17. The first-order chi connectivity index (χ1) is 13.6. The van der Waals surface area contributed by atoms with Gasteiger partial charge in [-0.3, -0.25) is 9.59 Å². The van der Waals surface area contributed by atoms with Crippen LogP contribution >= 0.6 is 11.6 Å². The molecule has 4 rings (SSSR count). The van der Waals surface area contributed by atoms with Crippen molar-refractivity contribution >= 4 is 34.4 Å². The van der Waals surface area contributed by atoms with Gasteiger partial charge >= 0.3 is 0 Å². The first-order valence-corrected chi connectivity index (χ1v) is 9.72. The van der Waals surface area contributed by atoms with E-state index in [-0.39, 0.29) is 17.9 Å². The summed E-state index contributed by atoms with van der Waals surface area (Å²) in [5.74, 6) is 0.0132. The molecule has 0 saturated carbocycles. The topological polar surface area (TPSA) is 78.1 Å². The van der Waals surface area contributed by atoms with E-state index in [1.165, 1.54) is 0 Å². The van der Waals surface area contributed by atoms with Crippen LogP contribution < -0.4 is 5.32 Å². The van der Waals surface area contributed by atoms with Crippen molar-refractivity contribution in [2.75, 3.05) is 13.1 Å². The number of nitrogens with one attached hydrogen (secondary N) is 2. The Morgan fingerprint density at radius 2 is 1.89 bits per heavy atom. The molecule has 1 aliphatic rings. The number of carbonyl (C=O) groups excluding carboxylic acids is 2. The van der Waals surface area contributed by atoms with Crippen LogP contribution in [0.15, 0.2) is 48.8 Å². The van der Waals surface area contributed by atoms with E-state index in [1.54, 1.807) is 18.5 Å². The molecule has 0 aliphatic carbocycles. The third-order valence-electron chi connectivity index (χ3n) is 5.09. The van der Waals surface area contributed by atoms with Gasteiger partial charge in [0.2, 0.25) is 5.91 Å². The Balaban J connectivity index is 1.29. The van der Waals surface area contributed by atoms with Crippen LogP contribution in [0.1, 0.15) is 28.8 Å². The van der Waals surface area contributed by atoms with Crippen LogP contribution in [0, 0.1) is 0 Å². The van der Waals surface area contributed by atoms with E-state index in [0.717, 1.165) is 29.4 Å². The number of aromatic amines is 1. The lowest BCUT2D eigenvalue weighted by Gasteiger charge is -2.32. The summed E-state index contributed by atoms with van der Waals surface area (Å²) in [6.07, 6.45) is 3.46. The van der Waals surface area contributed by atoms with Crippen molar-refractivity contribution in [2.45, 2.75) is 25.3 Å². The van der Waals surface area contributed by atoms with Crippen LogP contribution in [0.5, 0.6) is 0 Å². The minimum absolute atomic E-state index is 0.00297. The lowest BCUT2D eigenvalue weighted by Crippen LogP contribution is -2.46. The molecule has 2 aromatic carbocycles. The highest BCUT2D eigenvalue weighted by Gasteiger charge is 2.24. The molecule has 2 N–H and O–H groups in total. The van der Waals surface area contributed by atoms with Crippen LogP contribution in [0.4, 0.5) is 0 Å². The second-order valence-corrected chi connectivity index (χ2v) is 7.51. The van der Waals surface area contributed by atoms with Crippen LogP contribution in [-0.4, -0.2) is 45.8 Å². The summed E-state index contributed by atoms with van der Waals surface area (Å²) < 4.78 is 0. The van der Waals surface area contributed by atoms with Gasteiger partial charge in [-0.25, -0.2) is 4.98 Å².